The van der Waals surface area contributed by atoms with Gasteiger partial charge in [-0.1, -0.05) is 17.7 Å². The molecule has 0 bridgehead atoms. The second-order valence-corrected chi connectivity index (χ2v) is 7.73. The molecule has 164 valence electrons. The summed E-state index contributed by atoms with van der Waals surface area (Å²) in [5.74, 6) is -4.79. The first kappa shape index (κ1) is 21.8. The first-order valence-corrected chi connectivity index (χ1v) is 9.93. The highest BCUT2D eigenvalue weighted by Crippen LogP contribution is 2.41. The van der Waals surface area contributed by atoms with Gasteiger partial charge in [0.2, 0.25) is 17.8 Å². The van der Waals surface area contributed by atoms with E-state index in [2.05, 4.69) is 15.3 Å². The Labute approximate surface area is 186 Å². The lowest BCUT2D eigenvalue weighted by Gasteiger charge is -2.24. The number of pyridine rings is 2. The number of anilines is 2. The third-order valence-corrected chi connectivity index (χ3v) is 5.40. The molecular formula is C22H16ClF3N4O2. The van der Waals surface area contributed by atoms with Crippen molar-refractivity contribution in [2.75, 3.05) is 16.8 Å². The zero-order valence-corrected chi connectivity index (χ0v) is 17.7. The molecule has 1 aliphatic rings. The smallest absolute Gasteiger partial charge is 0.244 e. The molecule has 0 aliphatic carbocycles. The van der Waals surface area contributed by atoms with Crippen LogP contribution in [-0.4, -0.2) is 28.3 Å². The van der Waals surface area contributed by atoms with Gasteiger partial charge in [0.15, 0.2) is 0 Å². The lowest BCUT2D eigenvalue weighted by atomic mass is 9.98. The van der Waals surface area contributed by atoms with Crippen molar-refractivity contribution < 1.29 is 22.8 Å². The average Bonchev–Trinajstić information content (AvgIpc) is 2.82. The molecule has 0 saturated carbocycles. The highest BCUT2D eigenvalue weighted by molar-refractivity contribution is 6.30. The largest absolute Gasteiger partial charge is 0.322 e. The zero-order chi connectivity index (χ0) is 23.2. The number of rotatable bonds is 3. The molecule has 3 heterocycles. The molecule has 1 N–H and O–H groups in total. The van der Waals surface area contributed by atoms with Crippen molar-refractivity contribution >= 4 is 34.8 Å². The van der Waals surface area contributed by atoms with Gasteiger partial charge >= 0.3 is 0 Å². The summed E-state index contributed by atoms with van der Waals surface area (Å²) in [7, 11) is 0. The number of hydrogen-bond donors (Lipinski definition) is 1. The van der Waals surface area contributed by atoms with Gasteiger partial charge in [0, 0.05) is 23.5 Å². The Kier molecular flexibility index (Phi) is 5.60. The van der Waals surface area contributed by atoms with Crippen LogP contribution in [0.5, 0.6) is 0 Å². The minimum Gasteiger partial charge on any atom is -0.322 e. The van der Waals surface area contributed by atoms with Crippen LogP contribution in [0.4, 0.5) is 24.5 Å². The summed E-state index contributed by atoms with van der Waals surface area (Å²) in [6.45, 7) is 2.57. The molecule has 32 heavy (non-hydrogen) atoms. The molecule has 6 nitrogen and oxygen atoms in total. The predicted molar refractivity (Wildman–Crippen MR) is 113 cm³/mol. The molecule has 1 aromatic carbocycles. The maximum Gasteiger partial charge on any atom is 0.244 e. The van der Waals surface area contributed by atoms with Crippen LogP contribution in [0.15, 0.2) is 36.5 Å². The number of carbonyl (C=O) groups is 2. The fourth-order valence-corrected chi connectivity index (χ4v) is 3.79. The van der Waals surface area contributed by atoms with E-state index in [0.717, 1.165) is 17.0 Å². The Balaban J connectivity index is 1.76. The quantitative estimate of drug-likeness (QED) is 0.457. The predicted octanol–water partition coefficient (Wildman–Crippen LogP) is 4.61. The fraction of sp³-hybridized carbons (Fsp3) is 0.182. The van der Waals surface area contributed by atoms with Crippen molar-refractivity contribution in [1.82, 2.24) is 9.97 Å². The molecule has 3 aromatic rings. The Morgan fingerprint density at radius 1 is 1.22 bits per heavy atom. The summed E-state index contributed by atoms with van der Waals surface area (Å²) in [5.41, 5.74) is 0.767. The van der Waals surface area contributed by atoms with Gasteiger partial charge in [-0.2, -0.15) is 4.39 Å². The fourth-order valence-electron chi connectivity index (χ4n) is 3.64. The van der Waals surface area contributed by atoms with Gasteiger partial charge in [0.25, 0.3) is 0 Å². The van der Waals surface area contributed by atoms with Gasteiger partial charge < -0.3 is 10.2 Å². The van der Waals surface area contributed by atoms with Gasteiger partial charge in [0.1, 0.15) is 18.2 Å². The highest BCUT2D eigenvalue weighted by Gasteiger charge is 2.35. The first-order valence-electron chi connectivity index (χ1n) is 9.55. The summed E-state index contributed by atoms with van der Waals surface area (Å²) in [4.78, 5) is 35.1. The monoisotopic (exact) mass is 460 g/mol. The second-order valence-electron chi connectivity index (χ2n) is 7.33. The van der Waals surface area contributed by atoms with Crippen molar-refractivity contribution in [2.24, 2.45) is 0 Å². The number of amides is 2. The molecule has 10 heteroatoms. The minimum atomic E-state index is -0.941. The summed E-state index contributed by atoms with van der Waals surface area (Å²) >= 11 is 5.53. The van der Waals surface area contributed by atoms with Crippen LogP contribution in [0.1, 0.15) is 24.2 Å². The third-order valence-electron chi connectivity index (χ3n) is 5.11. The van der Waals surface area contributed by atoms with Gasteiger partial charge in [-0.05, 0) is 32.0 Å². The van der Waals surface area contributed by atoms with Crippen molar-refractivity contribution in [2.45, 2.75) is 19.8 Å². The molecule has 0 fully saturated rings. The highest BCUT2D eigenvalue weighted by atomic mass is 35.5. The number of benzene rings is 1. The van der Waals surface area contributed by atoms with E-state index in [1.165, 1.54) is 12.3 Å². The van der Waals surface area contributed by atoms with Crippen molar-refractivity contribution in [3.8, 4) is 11.1 Å². The normalized spacial score (nSPS) is 15.1. The van der Waals surface area contributed by atoms with E-state index in [1.807, 2.05) is 0 Å². The van der Waals surface area contributed by atoms with E-state index >= 15 is 0 Å². The van der Waals surface area contributed by atoms with E-state index in [-0.39, 0.29) is 11.3 Å². The molecule has 0 unspecified atom stereocenters. The Morgan fingerprint density at radius 2 is 1.97 bits per heavy atom. The van der Waals surface area contributed by atoms with Crippen molar-refractivity contribution in [3.63, 3.8) is 0 Å². The number of carbonyl (C=O) groups excluding carboxylic acids is 2. The van der Waals surface area contributed by atoms with Crippen LogP contribution in [-0.2, 0) is 9.59 Å². The molecule has 0 saturated heterocycles. The van der Waals surface area contributed by atoms with Crippen LogP contribution in [0.3, 0.4) is 0 Å². The van der Waals surface area contributed by atoms with Gasteiger partial charge in [0.05, 0.1) is 33.6 Å². The SMILES string of the molecule is Cc1cc2c(c(F)n1)-c1cccnc1[C@@H](C)C(=O)N2CC(=O)Nc1cc(F)c(Cl)cc1F. The number of halogens is 4. The number of aromatic nitrogens is 2. The van der Waals surface area contributed by atoms with Gasteiger partial charge in [-0.15, -0.1) is 0 Å². The number of nitrogens with one attached hydrogen (secondary N) is 1. The Bertz CT molecular complexity index is 1270. The molecular weight excluding hydrogens is 445 g/mol. The lowest BCUT2D eigenvalue weighted by Crippen LogP contribution is -2.40. The molecule has 4 rings (SSSR count). The van der Waals surface area contributed by atoms with Crippen LogP contribution < -0.4 is 10.2 Å². The lowest BCUT2D eigenvalue weighted by molar-refractivity contribution is -0.122. The standard InChI is InChI=1S/C22H16ClF3N4O2/c1-10-6-17-19(21(26)28-10)12-4-3-5-27-20(12)11(2)22(32)30(17)9-18(31)29-16-8-14(24)13(23)7-15(16)25/h3-8,11H,9H2,1-2H3,(H,29,31)/t11-/m1/s1. The third kappa shape index (κ3) is 3.80. The van der Waals surface area contributed by atoms with Crippen LogP contribution in [0.2, 0.25) is 5.02 Å². The number of hydrogen-bond acceptors (Lipinski definition) is 4. The number of fused-ring (bicyclic) bond motifs is 3. The van der Waals surface area contributed by atoms with E-state index in [4.69, 9.17) is 11.6 Å². The van der Waals surface area contributed by atoms with Gasteiger partial charge in [-0.25, -0.2) is 13.8 Å². The minimum absolute atomic E-state index is 0.0351. The van der Waals surface area contributed by atoms with Crippen molar-refractivity contribution in [3.05, 3.63) is 70.5 Å². The molecule has 2 amide bonds. The molecule has 2 aromatic heterocycles. The zero-order valence-electron chi connectivity index (χ0n) is 16.9. The molecule has 0 spiro atoms. The van der Waals surface area contributed by atoms with Crippen LogP contribution >= 0.6 is 11.6 Å². The first-order chi connectivity index (χ1) is 15.2. The van der Waals surface area contributed by atoms with Gasteiger partial charge in [-0.3, -0.25) is 14.6 Å². The Morgan fingerprint density at radius 3 is 2.72 bits per heavy atom. The van der Waals surface area contributed by atoms with E-state index in [0.29, 0.717) is 17.0 Å². The number of aryl methyl sites for hydroxylation is 1. The number of nitrogens with zero attached hydrogens (tertiary/aromatic N) is 3. The van der Waals surface area contributed by atoms with Crippen LogP contribution in [0, 0.1) is 24.5 Å². The van der Waals surface area contributed by atoms with Crippen LogP contribution in [0.25, 0.3) is 11.1 Å². The van der Waals surface area contributed by atoms with E-state index in [1.54, 1.807) is 26.0 Å². The maximum atomic E-state index is 15.0. The summed E-state index contributed by atoms with van der Waals surface area (Å²) in [6, 6.07) is 6.19. The van der Waals surface area contributed by atoms with E-state index < -0.39 is 52.6 Å². The summed E-state index contributed by atoms with van der Waals surface area (Å²) in [5, 5.41) is 1.80. The average molecular weight is 461 g/mol. The maximum absolute atomic E-state index is 15.0. The second kappa shape index (κ2) is 8.23. The summed E-state index contributed by atoms with van der Waals surface area (Å²) in [6.07, 6.45) is 1.49. The summed E-state index contributed by atoms with van der Waals surface area (Å²) < 4.78 is 42.7. The molecule has 0 radical (unpaired) electrons. The van der Waals surface area contributed by atoms with E-state index in [9.17, 15) is 22.8 Å². The molecule has 1 aliphatic heterocycles. The Hall–Kier alpha value is -3.46. The topological polar surface area (TPSA) is 75.2 Å². The van der Waals surface area contributed by atoms with Crippen molar-refractivity contribution in [1.29, 1.82) is 0 Å². The molecule has 1 atom stereocenters.